The van der Waals surface area contributed by atoms with Gasteiger partial charge >= 0.3 is 0 Å². The van der Waals surface area contributed by atoms with E-state index in [0.717, 1.165) is 50.3 Å². The Morgan fingerprint density at radius 2 is 0.808 bits per heavy atom. The molecule has 0 N–H and O–H groups in total. The van der Waals surface area contributed by atoms with Gasteiger partial charge < -0.3 is 0 Å². The highest BCUT2D eigenvalue weighted by atomic mass is 32.2. The van der Waals surface area contributed by atoms with E-state index in [2.05, 4.69) is 11.1 Å². The van der Waals surface area contributed by atoms with E-state index in [-0.39, 0.29) is 13.2 Å². The molecule has 0 aliphatic heterocycles. The highest BCUT2D eigenvalue weighted by Gasteiger charge is 2.16. The van der Waals surface area contributed by atoms with Crippen molar-refractivity contribution in [2.75, 3.05) is 0 Å². The molecule has 0 radical (unpaired) electrons. The van der Waals surface area contributed by atoms with Crippen LogP contribution in [0.15, 0.2) is 143 Å². The number of rotatable bonds is 4. The summed E-state index contributed by atoms with van der Waals surface area (Å²) in [4.78, 5) is 16.9. The second-order valence-corrected chi connectivity index (χ2v) is 14.4. The topological polar surface area (TPSA) is 87.9 Å². The van der Waals surface area contributed by atoms with Crippen molar-refractivity contribution in [3.05, 3.63) is 195 Å². The lowest BCUT2D eigenvalue weighted by Crippen LogP contribution is -2.01. The molecule has 6 heteroatoms. The van der Waals surface area contributed by atoms with Gasteiger partial charge in [-0.2, -0.15) is 5.26 Å². The predicted molar refractivity (Wildman–Crippen MR) is 215 cm³/mol. The maximum atomic E-state index is 12.3. The van der Waals surface area contributed by atoms with E-state index in [4.69, 9.17) is 5.26 Å². The summed E-state index contributed by atoms with van der Waals surface area (Å²) < 4.78 is 24.5. The van der Waals surface area contributed by atoms with E-state index in [0.29, 0.717) is 9.79 Å². The van der Waals surface area contributed by atoms with Crippen LogP contribution in [0.5, 0.6) is 0 Å². The molecule has 0 aliphatic rings. The molecule has 0 aliphatic carbocycles. The molecular weight excluding hydrogens is 661 g/mol. The molecule has 268 valence electrons. The van der Waals surface area contributed by atoms with Gasteiger partial charge in [-0.05, 0) is 103 Å². The fourth-order valence-corrected chi connectivity index (χ4v) is 6.08. The molecule has 1 heterocycles. The van der Waals surface area contributed by atoms with Gasteiger partial charge in [0.15, 0.2) is 5.78 Å². The minimum atomic E-state index is -3.37. The number of benzene rings is 5. The smallest absolute Gasteiger partial charge is 0.206 e. The number of aromatic nitrogens is 1. The van der Waals surface area contributed by atoms with Gasteiger partial charge in [-0.25, -0.2) is 8.42 Å². The molecular formula is C46H50N2O3S. The van der Waals surface area contributed by atoms with Gasteiger partial charge in [0, 0.05) is 22.5 Å². The molecule has 6 rings (SSSR count). The van der Waals surface area contributed by atoms with Crippen molar-refractivity contribution in [3.63, 3.8) is 0 Å². The monoisotopic (exact) mass is 710 g/mol. The van der Waals surface area contributed by atoms with Crippen molar-refractivity contribution in [2.45, 2.75) is 72.6 Å². The Hall–Kier alpha value is -5.64. The first kappa shape index (κ1) is 42.5. The average molecular weight is 711 g/mol. The van der Waals surface area contributed by atoms with Crippen LogP contribution in [0.1, 0.15) is 73.7 Å². The Bertz CT molecular complexity index is 2040. The van der Waals surface area contributed by atoms with Gasteiger partial charge in [-0.15, -0.1) is 0 Å². The first-order valence-electron chi connectivity index (χ1n) is 16.6. The average Bonchev–Trinajstić information content (AvgIpc) is 3.10. The molecule has 0 spiro atoms. The number of nitrogens with zero attached hydrogens (tertiary/aromatic N) is 2. The van der Waals surface area contributed by atoms with Gasteiger partial charge in [0.05, 0.1) is 21.4 Å². The normalized spacial score (nSPS) is 9.98. The summed E-state index contributed by atoms with van der Waals surface area (Å²) in [6, 6.07) is 43.2. The number of hydrogen-bond acceptors (Lipinski definition) is 5. The standard InChI is InChI=1S/C15H14O.C14H14O2S.C9H9N.C7H9N.CH4/c1-11-3-7-13(8-4-11)15(16)14-9-5-12(2)6-10-14;1-11-3-7-13(8-4-11)17(15,16)14-9-5-12(2)6-10-14;1-7-4-3-5-8(2)9(7)6-10;1-6-4-3-5-7(2)8-6;/h3-10H,1-2H3;3-10H,1-2H3;3-5H,1-2H3;3-5H,1-2H3;1H4. The number of ketones is 1. The fourth-order valence-electron chi connectivity index (χ4n) is 4.82. The second kappa shape index (κ2) is 20.3. The zero-order valence-corrected chi connectivity index (χ0v) is 31.5. The molecule has 0 bridgehead atoms. The van der Waals surface area contributed by atoms with Crippen LogP contribution in [-0.4, -0.2) is 19.2 Å². The third-order valence-electron chi connectivity index (χ3n) is 7.91. The van der Waals surface area contributed by atoms with E-state index in [1.165, 1.54) is 11.1 Å². The van der Waals surface area contributed by atoms with Crippen LogP contribution in [-0.2, 0) is 9.84 Å². The van der Waals surface area contributed by atoms with Crippen molar-refractivity contribution in [2.24, 2.45) is 0 Å². The molecule has 0 fully saturated rings. The van der Waals surface area contributed by atoms with Crippen molar-refractivity contribution in [1.29, 1.82) is 5.26 Å². The number of hydrogen-bond donors (Lipinski definition) is 0. The fraction of sp³-hybridized carbons (Fsp3) is 0.196. The number of sulfone groups is 1. The third-order valence-corrected chi connectivity index (χ3v) is 9.70. The van der Waals surface area contributed by atoms with Crippen LogP contribution in [0, 0.1) is 66.7 Å². The zero-order chi connectivity index (χ0) is 37.6. The van der Waals surface area contributed by atoms with Crippen LogP contribution in [0.2, 0.25) is 0 Å². The molecule has 0 atom stereocenters. The third kappa shape index (κ3) is 12.9. The summed E-state index contributed by atoms with van der Waals surface area (Å²) in [7, 11) is -3.37. The van der Waals surface area contributed by atoms with Crippen molar-refractivity contribution in [1.82, 2.24) is 4.98 Å². The lowest BCUT2D eigenvalue weighted by Gasteiger charge is -2.05. The van der Waals surface area contributed by atoms with Crippen LogP contribution < -0.4 is 0 Å². The summed E-state index contributed by atoms with van der Waals surface area (Å²) in [5.41, 5.74) is 11.0. The van der Waals surface area contributed by atoms with E-state index in [1.54, 1.807) is 48.5 Å². The maximum absolute atomic E-state index is 12.3. The molecule has 5 aromatic carbocycles. The van der Waals surface area contributed by atoms with Gasteiger partial charge in [0.2, 0.25) is 9.84 Å². The van der Waals surface area contributed by atoms with Crippen molar-refractivity contribution >= 4 is 15.6 Å². The van der Waals surface area contributed by atoms with Gasteiger partial charge in [0.1, 0.15) is 0 Å². The minimum absolute atomic E-state index is 0. The molecule has 6 aromatic rings. The number of aryl methyl sites for hydroxylation is 8. The maximum Gasteiger partial charge on any atom is 0.206 e. The van der Waals surface area contributed by atoms with E-state index < -0.39 is 9.84 Å². The Morgan fingerprint density at radius 1 is 0.500 bits per heavy atom. The first-order chi connectivity index (χ1) is 24.2. The Kier molecular flexibility index (Phi) is 16.6. The van der Waals surface area contributed by atoms with Crippen molar-refractivity contribution < 1.29 is 13.2 Å². The lowest BCUT2D eigenvalue weighted by atomic mass is 10.0. The summed E-state index contributed by atoms with van der Waals surface area (Å²) in [6.07, 6.45) is 0. The summed E-state index contributed by atoms with van der Waals surface area (Å²) in [6.45, 7) is 15.8. The minimum Gasteiger partial charge on any atom is -0.289 e. The SMILES string of the molecule is C.Cc1ccc(C(=O)c2ccc(C)cc2)cc1.Cc1ccc(S(=O)(=O)c2ccc(C)cc2)cc1.Cc1cccc(C)c1C#N.Cc1cccc(C)n1. The van der Waals surface area contributed by atoms with Gasteiger partial charge in [-0.1, -0.05) is 127 Å². The van der Waals surface area contributed by atoms with Crippen LogP contribution >= 0.6 is 0 Å². The van der Waals surface area contributed by atoms with E-state index in [9.17, 15) is 13.2 Å². The lowest BCUT2D eigenvalue weighted by molar-refractivity contribution is 0.103. The van der Waals surface area contributed by atoms with E-state index >= 15 is 0 Å². The van der Waals surface area contributed by atoms with Gasteiger partial charge in [0.25, 0.3) is 0 Å². The van der Waals surface area contributed by atoms with Crippen LogP contribution in [0.4, 0.5) is 0 Å². The molecule has 1 aromatic heterocycles. The summed E-state index contributed by atoms with van der Waals surface area (Å²) >= 11 is 0. The molecule has 0 saturated heterocycles. The molecule has 0 saturated carbocycles. The number of carbonyl (C=O) groups excluding carboxylic acids is 1. The number of nitriles is 1. The molecule has 0 amide bonds. The Labute approximate surface area is 311 Å². The van der Waals surface area contributed by atoms with Crippen LogP contribution in [0.3, 0.4) is 0 Å². The molecule has 0 unspecified atom stereocenters. The molecule has 52 heavy (non-hydrogen) atoms. The summed E-state index contributed by atoms with van der Waals surface area (Å²) in [5.74, 6) is 0.0833. The predicted octanol–water partition coefficient (Wildman–Crippen LogP) is 11.2. The van der Waals surface area contributed by atoms with Crippen LogP contribution in [0.25, 0.3) is 0 Å². The quantitative estimate of drug-likeness (QED) is 0.170. The first-order valence-corrected chi connectivity index (χ1v) is 18.1. The highest BCUT2D eigenvalue weighted by molar-refractivity contribution is 7.91. The molecule has 5 nitrogen and oxygen atoms in total. The van der Waals surface area contributed by atoms with Crippen molar-refractivity contribution in [3.8, 4) is 6.07 Å². The summed E-state index contributed by atoms with van der Waals surface area (Å²) in [5, 5.41) is 8.65. The zero-order valence-electron chi connectivity index (χ0n) is 30.7. The Morgan fingerprint density at radius 3 is 1.08 bits per heavy atom. The van der Waals surface area contributed by atoms with Gasteiger partial charge in [-0.3, -0.25) is 9.78 Å². The number of carbonyl (C=O) groups is 1. The Balaban J connectivity index is 0.000000248. The second-order valence-electron chi connectivity index (χ2n) is 12.5. The highest BCUT2D eigenvalue weighted by Crippen LogP contribution is 2.21. The number of pyridine rings is 1. The largest absolute Gasteiger partial charge is 0.289 e. The van der Waals surface area contributed by atoms with E-state index in [1.807, 2.05) is 140 Å².